The van der Waals surface area contributed by atoms with Crippen molar-refractivity contribution in [3.8, 4) is 11.3 Å². The maximum absolute atomic E-state index is 14.9. The molecule has 3 heterocycles. The zero-order valence-electron chi connectivity index (χ0n) is 17.1. The molecule has 1 aliphatic rings. The van der Waals surface area contributed by atoms with Gasteiger partial charge in [0.1, 0.15) is 17.2 Å². The maximum Gasteiger partial charge on any atom is 0.252 e. The van der Waals surface area contributed by atoms with Gasteiger partial charge in [0.2, 0.25) is 0 Å². The summed E-state index contributed by atoms with van der Waals surface area (Å²) >= 11 is 5.88. The number of rotatable bonds is 4. The Morgan fingerprint density at radius 1 is 1.06 bits per heavy atom. The Kier molecular flexibility index (Phi) is 5.65. The number of morpholine rings is 1. The lowest BCUT2D eigenvalue weighted by Gasteiger charge is -2.29. The van der Waals surface area contributed by atoms with Crippen LogP contribution in [0.1, 0.15) is 15.9 Å². The van der Waals surface area contributed by atoms with Crippen LogP contribution in [0, 0.1) is 11.8 Å². The van der Waals surface area contributed by atoms with E-state index in [1.54, 1.807) is 0 Å². The Morgan fingerprint density at radius 2 is 1.88 bits per heavy atom. The number of nitrogens with zero attached hydrogens (tertiary/aromatic N) is 5. The lowest BCUT2D eigenvalue weighted by molar-refractivity contribution is 0.103. The molecule has 2 aromatic heterocycles. The SMILES string of the molecule is O=C(c1ccc(F)c(-c2ncnc3cc(N4CCOCC4)ccc23)c1)c1cnnc(F)c1Cl. The molecule has 0 unspecified atom stereocenters. The number of ketones is 1. The lowest BCUT2D eigenvalue weighted by atomic mass is 9.99. The number of carbonyl (C=O) groups is 1. The van der Waals surface area contributed by atoms with E-state index in [-0.39, 0.29) is 16.7 Å². The number of halogens is 3. The average molecular weight is 468 g/mol. The first kappa shape index (κ1) is 21.3. The molecule has 4 aromatic rings. The van der Waals surface area contributed by atoms with Gasteiger partial charge in [-0.3, -0.25) is 4.79 Å². The van der Waals surface area contributed by atoms with Gasteiger partial charge in [-0.15, -0.1) is 5.10 Å². The number of anilines is 1. The first-order valence-corrected chi connectivity index (χ1v) is 10.5. The van der Waals surface area contributed by atoms with Crippen LogP contribution in [0.2, 0.25) is 5.02 Å². The Bertz CT molecular complexity index is 1380. The summed E-state index contributed by atoms with van der Waals surface area (Å²) in [4.78, 5) is 23.7. The summed E-state index contributed by atoms with van der Waals surface area (Å²) < 4.78 is 33.9. The van der Waals surface area contributed by atoms with E-state index in [0.717, 1.165) is 31.0 Å². The van der Waals surface area contributed by atoms with Gasteiger partial charge in [0.05, 0.1) is 36.2 Å². The molecule has 0 spiro atoms. The molecule has 0 saturated carbocycles. The number of aromatic nitrogens is 4. The van der Waals surface area contributed by atoms with Gasteiger partial charge in [-0.1, -0.05) is 11.6 Å². The number of ether oxygens (including phenoxy) is 1. The molecule has 1 fully saturated rings. The van der Waals surface area contributed by atoms with Gasteiger partial charge in [-0.25, -0.2) is 14.4 Å². The molecule has 0 N–H and O–H groups in total. The van der Waals surface area contributed by atoms with Gasteiger partial charge in [-0.2, -0.15) is 9.49 Å². The van der Waals surface area contributed by atoms with Gasteiger partial charge in [0, 0.05) is 35.3 Å². The topological polar surface area (TPSA) is 81.1 Å². The van der Waals surface area contributed by atoms with Gasteiger partial charge in [0.15, 0.2) is 5.78 Å². The van der Waals surface area contributed by atoms with Crippen molar-refractivity contribution in [2.24, 2.45) is 0 Å². The summed E-state index contributed by atoms with van der Waals surface area (Å²) in [5.41, 5.74) is 2.03. The third-order valence-electron chi connectivity index (χ3n) is 5.47. The molecule has 0 bridgehead atoms. The van der Waals surface area contributed by atoms with Crippen molar-refractivity contribution in [3.05, 3.63) is 76.8 Å². The molecule has 1 saturated heterocycles. The molecular weight excluding hydrogens is 452 g/mol. The Balaban J connectivity index is 1.57. The van der Waals surface area contributed by atoms with Gasteiger partial charge < -0.3 is 9.64 Å². The van der Waals surface area contributed by atoms with E-state index in [0.29, 0.717) is 29.8 Å². The molecule has 7 nitrogen and oxygen atoms in total. The zero-order chi connectivity index (χ0) is 22.9. The highest BCUT2D eigenvalue weighted by atomic mass is 35.5. The summed E-state index contributed by atoms with van der Waals surface area (Å²) in [5, 5.41) is 6.81. The molecule has 0 atom stereocenters. The highest BCUT2D eigenvalue weighted by molar-refractivity contribution is 6.34. The van der Waals surface area contributed by atoms with Crippen LogP contribution in [0.3, 0.4) is 0 Å². The number of fused-ring (bicyclic) bond motifs is 1. The number of hydrogen-bond donors (Lipinski definition) is 0. The third-order valence-corrected chi connectivity index (χ3v) is 5.83. The minimum absolute atomic E-state index is 0.109. The quantitative estimate of drug-likeness (QED) is 0.418. The minimum atomic E-state index is -1.05. The molecular formula is C23H16ClF2N5O2. The highest BCUT2D eigenvalue weighted by Crippen LogP contribution is 2.31. The van der Waals surface area contributed by atoms with Crippen molar-refractivity contribution in [1.29, 1.82) is 0 Å². The van der Waals surface area contributed by atoms with E-state index in [9.17, 15) is 13.6 Å². The first-order chi connectivity index (χ1) is 16.0. The molecule has 10 heteroatoms. The summed E-state index contributed by atoms with van der Waals surface area (Å²) in [6, 6.07) is 9.52. The minimum Gasteiger partial charge on any atom is -0.378 e. The van der Waals surface area contributed by atoms with Gasteiger partial charge >= 0.3 is 0 Å². The second-order valence-electron chi connectivity index (χ2n) is 7.41. The fourth-order valence-corrected chi connectivity index (χ4v) is 3.96. The standard InChI is InChI=1S/C23H16ClF2N5O2/c24-20-17(11-29-30-23(20)26)22(32)13-1-4-18(25)16(9-13)21-15-3-2-14(10-19(15)27-12-28-21)31-5-7-33-8-6-31/h1-4,9-12H,5-8H2. The van der Waals surface area contributed by atoms with Crippen molar-refractivity contribution in [2.75, 3.05) is 31.2 Å². The molecule has 2 aromatic carbocycles. The van der Waals surface area contributed by atoms with Crippen molar-refractivity contribution >= 4 is 34.0 Å². The predicted molar refractivity (Wildman–Crippen MR) is 118 cm³/mol. The van der Waals surface area contributed by atoms with Crippen molar-refractivity contribution in [1.82, 2.24) is 20.2 Å². The van der Waals surface area contributed by atoms with Gasteiger partial charge in [-0.05, 0) is 36.4 Å². The fourth-order valence-electron chi connectivity index (χ4n) is 3.79. The van der Waals surface area contributed by atoms with Crippen LogP contribution in [-0.4, -0.2) is 52.3 Å². The lowest BCUT2D eigenvalue weighted by Crippen LogP contribution is -2.36. The fraction of sp³-hybridized carbons (Fsp3) is 0.174. The second kappa shape index (κ2) is 8.76. The average Bonchev–Trinajstić information content (AvgIpc) is 2.85. The Labute approximate surface area is 192 Å². The maximum atomic E-state index is 14.9. The molecule has 33 heavy (non-hydrogen) atoms. The molecule has 0 amide bonds. The van der Waals surface area contributed by atoms with Crippen LogP contribution in [0.25, 0.3) is 22.2 Å². The second-order valence-corrected chi connectivity index (χ2v) is 7.79. The molecule has 166 valence electrons. The van der Waals surface area contributed by atoms with Crippen molar-refractivity contribution in [2.45, 2.75) is 0 Å². The van der Waals surface area contributed by atoms with Crippen LogP contribution in [0.4, 0.5) is 14.5 Å². The molecule has 1 aliphatic heterocycles. The van der Waals surface area contributed by atoms with E-state index >= 15 is 0 Å². The van der Waals surface area contributed by atoms with Crippen molar-refractivity contribution in [3.63, 3.8) is 0 Å². The molecule has 5 rings (SSSR count). The monoisotopic (exact) mass is 467 g/mol. The highest BCUT2D eigenvalue weighted by Gasteiger charge is 2.20. The van der Waals surface area contributed by atoms with Crippen molar-refractivity contribution < 1.29 is 18.3 Å². The summed E-state index contributed by atoms with van der Waals surface area (Å²) in [6.45, 7) is 2.85. The third kappa shape index (κ3) is 4.01. The summed E-state index contributed by atoms with van der Waals surface area (Å²) in [6.07, 6.45) is 2.43. The number of hydrogen-bond acceptors (Lipinski definition) is 7. The van der Waals surface area contributed by atoms with Crippen LogP contribution in [-0.2, 0) is 4.74 Å². The normalized spacial score (nSPS) is 14.0. The van der Waals surface area contributed by atoms with E-state index in [2.05, 4.69) is 25.1 Å². The summed E-state index contributed by atoms with van der Waals surface area (Å²) in [5.74, 6) is -2.22. The molecule has 0 aliphatic carbocycles. The van der Waals surface area contributed by atoms with E-state index < -0.39 is 22.6 Å². The van der Waals surface area contributed by atoms with Crippen LogP contribution >= 0.6 is 11.6 Å². The number of carbonyl (C=O) groups excluding carboxylic acids is 1. The van der Waals surface area contributed by atoms with Crippen LogP contribution in [0.5, 0.6) is 0 Å². The van der Waals surface area contributed by atoms with Crippen LogP contribution < -0.4 is 4.90 Å². The number of benzene rings is 2. The van der Waals surface area contributed by atoms with Crippen LogP contribution in [0.15, 0.2) is 48.9 Å². The largest absolute Gasteiger partial charge is 0.378 e. The van der Waals surface area contributed by atoms with E-state index in [1.807, 2.05) is 18.2 Å². The molecule has 0 radical (unpaired) electrons. The van der Waals surface area contributed by atoms with E-state index in [4.69, 9.17) is 16.3 Å². The smallest absolute Gasteiger partial charge is 0.252 e. The predicted octanol–water partition coefficient (Wildman–Crippen LogP) is 4.09. The zero-order valence-corrected chi connectivity index (χ0v) is 17.9. The van der Waals surface area contributed by atoms with Gasteiger partial charge in [0.25, 0.3) is 5.95 Å². The first-order valence-electron chi connectivity index (χ1n) is 10.1. The Hall–Kier alpha value is -3.56. The Morgan fingerprint density at radius 3 is 2.70 bits per heavy atom. The summed E-state index contributed by atoms with van der Waals surface area (Å²) in [7, 11) is 0. The van der Waals surface area contributed by atoms with E-state index in [1.165, 1.54) is 18.5 Å².